The SMILES string of the molecule is Cc1nn(C)c(CN(C)CCC(C)O)c1Br. The van der Waals surface area contributed by atoms with Gasteiger partial charge in [0.1, 0.15) is 0 Å². The molecule has 1 rings (SSSR count). The number of halogens is 1. The zero-order chi connectivity index (χ0) is 12.3. The van der Waals surface area contributed by atoms with Crippen LogP contribution in [0.5, 0.6) is 0 Å². The number of rotatable bonds is 5. The lowest BCUT2D eigenvalue weighted by Crippen LogP contribution is -2.23. The lowest BCUT2D eigenvalue weighted by atomic mass is 10.2. The number of aliphatic hydroxyl groups is 1. The largest absolute Gasteiger partial charge is 0.393 e. The average molecular weight is 290 g/mol. The molecule has 0 spiro atoms. The normalized spacial score (nSPS) is 13.4. The molecule has 1 aromatic rings. The van der Waals surface area contributed by atoms with Gasteiger partial charge in [0.2, 0.25) is 0 Å². The highest BCUT2D eigenvalue weighted by Crippen LogP contribution is 2.21. The second-order valence-corrected chi connectivity index (χ2v) is 5.14. The maximum atomic E-state index is 9.23. The lowest BCUT2D eigenvalue weighted by Gasteiger charge is -2.17. The van der Waals surface area contributed by atoms with Gasteiger partial charge in [-0.15, -0.1) is 0 Å². The zero-order valence-electron chi connectivity index (χ0n) is 10.4. The van der Waals surface area contributed by atoms with Crippen molar-refractivity contribution in [1.29, 1.82) is 0 Å². The van der Waals surface area contributed by atoms with Crippen molar-refractivity contribution in [3.8, 4) is 0 Å². The summed E-state index contributed by atoms with van der Waals surface area (Å²) in [5.74, 6) is 0. The van der Waals surface area contributed by atoms with E-state index in [1.807, 2.05) is 25.6 Å². The maximum absolute atomic E-state index is 9.23. The molecular weight excluding hydrogens is 270 g/mol. The van der Waals surface area contributed by atoms with Gasteiger partial charge < -0.3 is 10.0 Å². The summed E-state index contributed by atoms with van der Waals surface area (Å²) in [6.45, 7) is 5.53. The third-order valence-corrected chi connectivity index (χ3v) is 3.64. The minimum Gasteiger partial charge on any atom is -0.393 e. The molecule has 0 aliphatic heterocycles. The first kappa shape index (κ1) is 13.7. The van der Waals surface area contributed by atoms with E-state index < -0.39 is 0 Å². The molecule has 1 heterocycles. The monoisotopic (exact) mass is 289 g/mol. The van der Waals surface area contributed by atoms with Crippen molar-refractivity contribution >= 4 is 15.9 Å². The molecule has 0 amide bonds. The van der Waals surface area contributed by atoms with Gasteiger partial charge in [0.25, 0.3) is 0 Å². The number of aliphatic hydroxyl groups excluding tert-OH is 1. The van der Waals surface area contributed by atoms with Crippen molar-refractivity contribution in [2.75, 3.05) is 13.6 Å². The van der Waals surface area contributed by atoms with E-state index in [9.17, 15) is 5.11 Å². The molecule has 0 fully saturated rings. The molecule has 1 atom stereocenters. The molecule has 0 aromatic carbocycles. The van der Waals surface area contributed by atoms with Crippen LogP contribution in [0.25, 0.3) is 0 Å². The first-order valence-corrected chi connectivity index (χ1v) is 6.25. The highest BCUT2D eigenvalue weighted by Gasteiger charge is 2.12. The van der Waals surface area contributed by atoms with Crippen LogP contribution < -0.4 is 0 Å². The Kier molecular flexibility index (Phi) is 4.95. The Bertz CT molecular complexity index is 349. The summed E-state index contributed by atoms with van der Waals surface area (Å²) in [6.07, 6.45) is 0.560. The predicted molar refractivity (Wildman–Crippen MR) is 68.3 cm³/mol. The van der Waals surface area contributed by atoms with Crippen molar-refractivity contribution in [3.05, 3.63) is 15.9 Å². The summed E-state index contributed by atoms with van der Waals surface area (Å²) >= 11 is 3.55. The predicted octanol–water partition coefficient (Wildman–Crippen LogP) is 1.69. The third kappa shape index (κ3) is 3.57. The molecule has 0 radical (unpaired) electrons. The summed E-state index contributed by atoms with van der Waals surface area (Å²) in [7, 11) is 4.01. The fourth-order valence-corrected chi connectivity index (χ4v) is 2.06. The highest BCUT2D eigenvalue weighted by atomic mass is 79.9. The van der Waals surface area contributed by atoms with Crippen molar-refractivity contribution < 1.29 is 5.11 Å². The van der Waals surface area contributed by atoms with Gasteiger partial charge in [0.15, 0.2) is 0 Å². The summed E-state index contributed by atoms with van der Waals surface area (Å²) in [5, 5.41) is 13.6. The number of nitrogens with zero attached hydrogens (tertiary/aromatic N) is 3. The van der Waals surface area contributed by atoms with Gasteiger partial charge in [0.05, 0.1) is 22.0 Å². The minimum absolute atomic E-state index is 0.237. The second kappa shape index (κ2) is 5.80. The van der Waals surface area contributed by atoms with E-state index in [0.717, 1.165) is 29.7 Å². The molecule has 92 valence electrons. The van der Waals surface area contributed by atoms with Crippen LogP contribution in [-0.4, -0.2) is 39.5 Å². The van der Waals surface area contributed by atoms with Crippen molar-refractivity contribution in [2.24, 2.45) is 7.05 Å². The molecule has 16 heavy (non-hydrogen) atoms. The first-order chi connectivity index (χ1) is 7.41. The number of aromatic nitrogens is 2. The average Bonchev–Trinajstić information content (AvgIpc) is 2.42. The fraction of sp³-hybridized carbons (Fsp3) is 0.727. The molecule has 1 N–H and O–H groups in total. The molecule has 5 heteroatoms. The highest BCUT2D eigenvalue weighted by molar-refractivity contribution is 9.10. The maximum Gasteiger partial charge on any atom is 0.0739 e. The first-order valence-electron chi connectivity index (χ1n) is 5.46. The quantitative estimate of drug-likeness (QED) is 0.897. The molecular formula is C11H20BrN3O. The number of hydrogen-bond acceptors (Lipinski definition) is 3. The van der Waals surface area contributed by atoms with Gasteiger partial charge in [-0.1, -0.05) is 0 Å². The Labute approximate surface area is 105 Å². The Balaban J connectivity index is 2.59. The molecule has 4 nitrogen and oxygen atoms in total. The van der Waals surface area contributed by atoms with Crippen molar-refractivity contribution in [2.45, 2.75) is 32.9 Å². The van der Waals surface area contributed by atoms with Crippen molar-refractivity contribution in [1.82, 2.24) is 14.7 Å². The van der Waals surface area contributed by atoms with Crippen LogP contribution in [0.4, 0.5) is 0 Å². The molecule has 0 bridgehead atoms. The van der Waals surface area contributed by atoms with Crippen LogP contribution >= 0.6 is 15.9 Å². The van der Waals surface area contributed by atoms with Crippen molar-refractivity contribution in [3.63, 3.8) is 0 Å². The Morgan fingerprint density at radius 3 is 2.62 bits per heavy atom. The Morgan fingerprint density at radius 2 is 2.19 bits per heavy atom. The summed E-state index contributed by atoms with van der Waals surface area (Å²) in [6, 6.07) is 0. The Hall–Kier alpha value is -0.390. The molecule has 0 aliphatic rings. The summed E-state index contributed by atoms with van der Waals surface area (Å²) in [5.41, 5.74) is 2.19. The molecule has 1 unspecified atom stereocenters. The van der Waals surface area contributed by atoms with E-state index in [1.54, 1.807) is 0 Å². The molecule has 0 saturated carbocycles. The summed E-state index contributed by atoms with van der Waals surface area (Å²) < 4.78 is 2.98. The van der Waals surface area contributed by atoms with Crippen LogP contribution in [0.2, 0.25) is 0 Å². The van der Waals surface area contributed by atoms with Gasteiger partial charge in [-0.25, -0.2) is 0 Å². The van der Waals surface area contributed by atoms with Gasteiger partial charge in [-0.3, -0.25) is 4.68 Å². The van der Waals surface area contributed by atoms with Gasteiger partial charge in [0, 0.05) is 20.1 Å². The lowest BCUT2D eigenvalue weighted by molar-refractivity contribution is 0.162. The van der Waals surface area contributed by atoms with Gasteiger partial charge in [-0.2, -0.15) is 5.10 Å². The molecule has 0 aliphatic carbocycles. The zero-order valence-corrected chi connectivity index (χ0v) is 12.0. The summed E-state index contributed by atoms with van der Waals surface area (Å²) in [4.78, 5) is 2.19. The van der Waals surface area contributed by atoms with Crippen LogP contribution in [0.3, 0.4) is 0 Å². The van der Waals surface area contributed by atoms with E-state index >= 15 is 0 Å². The number of aryl methyl sites for hydroxylation is 2. The van der Waals surface area contributed by atoms with Crippen LogP contribution in [0, 0.1) is 6.92 Å². The van der Waals surface area contributed by atoms with E-state index in [1.165, 1.54) is 5.69 Å². The van der Waals surface area contributed by atoms with Crippen LogP contribution in [0.15, 0.2) is 4.47 Å². The topological polar surface area (TPSA) is 41.3 Å². The van der Waals surface area contributed by atoms with Gasteiger partial charge >= 0.3 is 0 Å². The minimum atomic E-state index is -0.237. The smallest absolute Gasteiger partial charge is 0.0739 e. The van der Waals surface area contributed by atoms with Gasteiger partial charge in [-0.05, 0) is 43.2 Å². The van der Waals surface area contributed by atoms with E-state index in [4.69, 9.17) is 0 Å². The fourth-order valence-electron chi connectivity index (χ4n) is 1.59. The van der Waals surface area contributed by atoms with Crippen LogP contribution in [0.1, 0.15) is 24.7 Å². The van der Waals surface area contributed by atoms with E-state index in [0.29, 0.717) is 0 Å². The molecule has 1 aromatic heterocycles. The molecule has 0 saturated heterocycles. The van der Waals surface area contributed by atoms with E-state index in [-0.39, 0.29) is 6.10 Å². The standard InChI is InChI=1S/C11H20BrN3O/c1-8(16)5-6-14(3)7-10-11(12)9(2)13-15(10)4/h8,16H,5-7H2,1-4H3. The third-order valence-electron chi connectivity index (χ3n) is 2.61. The van der Waals surface area contributed by atoms with Crippen LogP contribution in [-0.2, 0) is 13.6 Å². The Morgan fingerprint density at radius 1 is 1.56 bits per heavy atom. The number of hydrogen-bond donors (Lipinski definition) is 1. The second-order valence-electron chi connectivity index (χ2n) is 4.35. The van der Waals surface area contributed by atoms with E-state index in [2.05, 4.69) is 33.0 Å².